The number of benzene rings is 4. The Morgan fingerprint density at radius 2 is 0.778 bits per heavy atom. The van der Waals surface area contributed by atoms with Crippen molar-refractivity contribution in [3.8, 4) is 22.6 Å². The molecule has 3 heteroatoms. The van der Waals surface area contributed by atoms with Crippen molar-refractivity contribution in [3.63, 3.8) is 0 Å². The van der Waals surface area contributed by atoms with E-state index in [1.807, 2.05) is 0 Å². The van der Waals surface area contributed by atoms with Crippen LogP contribution in [0.2, 0.25) is 0 Å². The minimum Gasteiger partial charge on any atom is -0.507 e. The Hall–Kier alpha value is -3.56. The summed E-state index contributed by atoms with van der Waals surface area (Å²) in [5.74, 6) is 1.70. The molecule has 294 valence electrons. The van der Waals surface area contributed by atoms with E-state index in [9.17, 15) is 10.2 Å². The zero-order valence-corrected chi connectivity index (χ0v) is 36.8. The van der Waals surface area contributed by atoms with Gasteiger partial charge in [0.1, 0.15) is 11.5 Å². The van der Waals surface area contributed by atoms with E-state index < -0.39 is 0 Å². The van der Waals surface area contributed by atoms with Gasteiger partial charge in [0, 0.05) is 18.6 Å². The van der Waals surface area contributed by atoms with Crippen molar-refractivity contribution in [2.24, 2.45) is 11.8 Å². The maximum Gasteiger partial charge on any atom is 0.123 e. The number of phenols is 2. The predicted octanol–water partition coefficient (Wildman–Crippen LogP) is 14.3. The van der Waals surface area contributed by atoms with Crippen LogP contribution in [0.25, 0.3) is 11.1 Å². The summed E-state index contributed by atoms with van der Waals surface area (Å²) in [4.78, 5) is 2.77. The molecule has 0 aromatic heterocycles. The van der Waals surface area contributed by atoms with Crippen LogP contribution in [0, 0.1) is 11.8 Å². The Morgan fingerprint density at radius 1 is 0.463 bits per heavy atom. The van der Waals surface area contributed by atoms with Crippen molar-refractivity contribution in [2.45, 2.75) is 164 Å². The van der Waals surface area contributed by atoms with E-state index in [1.165, 1.54) is 27.8 Å². The van der Waals surface area contributed by atoms with Crippen LogP contribution in [0.5, 0.6) is 11.5 Å². The van der Waals surface area contributed by atoms with Gasteiger partial charge in [0.05, 0.1) is 0 Å². The van der Waals surface area contributed by atoms with Gasteiger partial charge in [0.25, 0.3) is 0 Å². The smallest absolute Gasteiger partial charge is 0.123 e. The quantitative estimate of drug-likeness (QED) is 0.161. The molecule has 2 atom stereocenters. The molecule has 0 spiro atoms. The number of hydrogen-bond donors (Lipinski definition) is 2. The average Bonchev–Trinajstić information content (AvgIpc) is 3.04. The molecular weight excluding hydrogens is 659 g/mol. The first kappa shape index (κ1) is 43.2. The molecule has 0 fully saturated rings. The minimum absolute atomic E-state index is 0.0651. The van der Waals surface area contributed by atoms with E-state index in [4.69, 9.17) is 0 Å². The first-order valence-electron chi connectivity index (χ1n) is 20.4. The lowest BCUT2D eigenvalue weighted by Gasteiger charge is -2.42. The normalized spacial score (nSPS) is 14.3. The SMILES string of the molecule is CC(C)CC(c1cc(C(C)(C)C)c(O)c(C(C)(C)C)c1)N(Cc1ccc(-c2ccccc2)cc1)C(CC(C)C)c1cc(C(C)(C)C)c(O)c(C(C)(C)C)c1. The lowest BCUT2D eigenvalue weighted by atomic mass is 9.76. The van der Waals surface area contributed by atoms with Crippen molar-refractivity contribution >= 4 is 0 Å². The molecule has 2 unspecified atom stereocenters. The topological polar surface area (TPSA) is 43.7 Å². The molecule has 4 aromatic rings. The highest BCUT2D eigenvalue weighted by Gasteiger charge is 2.36. The van der Waals surface area contributed by atoms with E-state index in [1.54, 1.807) is 0 Å². The molecule has 0 aliphatic carbocycles. The highest BCUT2D eigenvalue weighted by molar-refractivity contribution is 5.63. The summed E-state index contributed by atoms with van der Waals surface area (Å²) >= 11 is 0. The highest BCUT2D eigenvalue weighted by atomic mass is 16.3. The second-order valence-corrected chi connectivity index (χ2v) is 21.0. The second-order valence-electron chi connectivity index (χ2n) is 21.0. The number of aromatic hydroxyl groups is 2. The van der Waals surface area contributed by atoms with Crippen LogP contribution in [0.3, 0.4) is 0 Å². The Balaban J connectivity index is 2.09. The van der Waals surface area contributed by atoms with E-state index >= 15 is 0 Å². The second kappa shape index (κ2) is 16.3. The Labute approximate surface area is 330 Å². The van der Waals surface area contributed by atoms with E-state index in [2.05, 4.69) is 195 Å². The van der Waals surface area contributed by atoms with E-state index in [0.29, 0.717) is 23.3 Å². The fraction of sp³-hybridized carbons (Fsp3) is 0.529. The molecule has 54 heavy (non-hydrogen) atoms. The van der Waals surface area contributed by atoms with Crippen LogP contribution in [0.4, 0.5) is 0 Å². The lowest BCUT2D eigenvalue weighted by Crippen LogP contribution is -2.35. The van der Waals surface area contributed by atoms with Crippen LogP contribution in [0.15, 0.2) is 78.9 Å². The average molecular weight is 732 g/mol. The van der Waals surface area contributed by atoms with Crippen molar-refractivity contribution < 1.29 is 10.2 Å². The third kappa shape index (κ3) is 10.4. The van der Waals surface area contributed by atoms with Gasteiger partial charge >= 0.3 is 0 Å². The van der Waals surface area contributed by atoms with Crippen LogP contribution in [0.1, 0.15) is 175 Å². The Bertz CT molecular complexity index is 1670. The maximum absolute atomic E-state index is 11.9. The van der Waals surface area contributed by atoms with Crippen molar-refractivity contribution in [1.82, 2.24) is 4.90 Å². The first-order valence-corrected chi connectivity index (χ1v) is 20.4. The summed E-state index contributed by atoms with van der Waals surface area (Å²) in [5, 5.41) is 23.7. The number of phenolic OH excluding ortho intramolecular Hbond substituents is 2. The van der Waals surface area contributed by atoms with Gasteiger partial charge < -0.3 is 10.2 Å². The number of hydrogen-bond acceptors (Lipinski definition) is 3. The van der Waals surface area contributed by atoms with Crippen LogP contribution in [-0.4, -0.2) is 15.1 Å². The molecule has 4 rings (SSSR count). The van der Waals surface area contributed by atoms with Gasteiger partial charge in [-0.1, -0.05) is 165 Å². The van der Waals surface area contributed by atoms with Crippen molar-refractivity contribution in [2.75, 3.05) is 0 Å². The predicted molar refractivity (Wildman–Crippen MR) is 233 cm³/mol. The van der Waals surface area contributed by atoms with Crippen LogP contribution in [-0.2, 0) is 28.2 Å². The van der Waals surface area contributed by atoms with Gasteiger partial charge in [-0.15, -0.1) is 0 Å². The third-order valence-electron chi connectivity index (χ3n) is 10.9. The Morgan fingerprint density at radius 3 is 1.07 bits per heavy atom. The molecule has 0 radical (unpaired) electrons. The molecule has 2 N–H and O–H groups in total. The summed E-state index contributed by atoms with van der Waals surface area (Å²) in [7, 11) is 0. The van der Waals surface area contributed by atoms with Gasteiger partial charge in [-0.3, -0.25) is 4.90 Å². The molecule has 0 heterocycles. The zero-order valence-electron chi connectivity index (χ0n) is 36.8. The third-order valence-corrected chi connectivity index (χ3v) is 10.9. The fourth-order valence-electron chi connectivity index (χ4n) is 7.89. The van der Waals surface area contributed by atoms with Crippen LogP contribution >= 0.6 is 0 Å². The van der Waals surface area contributed by atoms with E-state index in [-0.39, 0.29) is 33.7 Å². The van der Waals surface area contributed by atoms with Gasteiger partial charge in [-0.2, -0.15) is 0 Å². The van der Waals surface area contributed by atoms with Gasteiger partial charge in [0.15, 0.2) is 0 Å². The Kier molecular flexibility index (Phi) is 13.0. The van der Waals surface area contributed by atoms with Gasteiger partial charge in [-0.25, -0.2) is 0 Å². The first-order chi connectivity index (χ1) is 24.8. The summed E-state index contributed by atoms with van der Waals surface area (Å²) in [6.07, 6.45) is 1.93. The minimum atomic E-state index is -0.238. The molecule has 0 bridgehead atoms. The number of rotatable bonds is 11. The van der Waals surface area contributed by atoms with Crippen molar-refractivity contribution in [1.29, 1.82) is 0 Å². The zero-order chi connectivity index (χ0) is 40.6. The summed E-state index contributed by atoms with van der Waals surface area (Å²) in [6.45, 7) is 36.6. The number of nitrogens with zero attached hydrogens (tertiary/aromatic N) is 1. The highest BCUT2D eigenvalue weighted by Crippen LogP contribution is 2.48. The maximum atomic E-state index is 11.9. The summed E-state index contributed by atoms with van der Waals surface area (Å²) < 4.78 is 0. The van der Waals surface area contributed by atoms with Gasteiger partial charge in [-0.05, 0) is 121 Å². The molecule has 4 aromatic carbocycles. The van der Waals surface area contributed by atoms with Gasteiger partial charge in [0.2, 0.25) is 0 Å². The summed E-state index contributed by atoms with van der Waals surface area (Å²) in [6, 6.07) is 29.2. The lowest BCUT2D eigenvalue weighted by molar-refractivity contribution is 0.0919. The fourth-order valence-corrected chi connectivity index (χ4v) is 7.89. The standard InChI is InChI=1S/C51H73NO2/c1-33(2)26-44(38-28-40(48(5,6)7)46(53)41(29-38)49(8,9)10)52(32-35-22-24-37(25-23-35)36-20-18-17-19-21-36)45(27-34(3)4)39-30-42(50(11,12)13)47(54)43(31-39)51(14,15)16/h17-25,28-31,33-34,44-45,53-54H,26-27,32H2,1-16H3. The largest absolute Gasteiger partial charge is 0.507 e. The molecule has 0 aliphatic heterocycles. The van der Waals surface area contributed by atoms with E-state index in [0.717, 1.165) is 41.6 Å². The molecule has 0 saturated carbocycles. The molecule has 0 saturated heterocycles. The summed E-state index contributed by atoms with van der Waals surface area (Å²) in [5.41, 5.74) is 9.28. The molecular formula is C51H73NO2. The molecule has 0 amide bonds. The van der Waals surface area contributed by atoms with Crippen molar-refractivity contribution in [3.05, 3.63) is 118 Å². The molecule has 0 aliphatic rings. The molecule has 3 nitrogen and oxygen atoms in total. The monoisotopic (exact) mass is 732 g/mol. The van der Waals surface area contributed by atoms with Crippen LogP contribution < -0.4 is 0 Å².